The van der Waals surface area contributed by atoms with Gasteiger partial charge in [-0.05, 0) is 38.5 Å². The Balaban J connectivity index is 2.21. The molecular formula is C12H23NO. The first-order chi connectivity index (χ1) is 6.66. The van der Waals surface area contributed by atoms with Gasteiger partial charge >= 0.3 is 0 Å². The van der Waals surface area contributed by atoms with Crippen LogP contribution in [0.25, 0.3) is 0 Å². The average Bonchev–Trinajstić information content (AvgIpc) is 2.18. The summed E-state index contributed by atoms with van der Waals surface area (Å²) in [6.45, 7) is 5.89. The minimum absolute atomic E-state index is 0.436. The van der Waals surface area contributed by atoms with Crippen LogP contribution >= 0.6 is 0 Å². The second-order valence-electron chi connectivity index (χ2n) is 4.61. The van der Waals surface area contributed by atoms with Gasteiger partial charge in [0.15, 0.2) is 0 Å². The Hall–Kier alpha value is -0.340. The Morgan fingerprint density at radius 2 is 2.07 bits per heavy atom. The molecule has 0 saturated heterocycles. The summed E-state index contributed by atoms with van der Waals surface area (Å²) in [5.74, 6) is 0.797. The quantitative estimate of drug-likeness (QED) is 0.534. The van der Waals surface area contributed by atoms with E-state index < -0.39 is 5.60 Å². The Morgan fingerprint density at radius 3 is 2.64 bits per heavy atom. The van der Waals surface area contributed by atoms with Gasteiger partial charge in [0.2, 0.25) is 0 Å². The van der Waals surface area contributed by atoms with Gasteiger partial charge < -0.3 is 10.4 Å². The number of hydrogen-bond donors (Lipinski definition) is 2. The van der Waals surface area contributed by atoms with E-state index in [-0.39, 0.29) is 0 Å². The lowest BCUT2D eigenvalue weighted by molar-refractivity contribution is -0.00530. The average molecular weight is 197 g/mol. The molecule has 82 valence electrons. The predicted molar refractivity (Wildman–Crippen MR) is 60.3 cm³/mol. The molecule has 1 fully saturated rings. The van der Waals surface area contributed by atoms with Crippen molar-refractivity contribution in [1.82, 2.24) is 5.32 Å². The van der Waals surface area contributed by atoms with Gasteiger partial charge in [0, 0.05) is 13.1 Å². The summed E-state index contributed by atoms with van der Waals surface area (Å²) in [6.07, 6.45) is 8.35. The van der Waals surface area contributed by atoms with Crippen molar-refractivity contribution in [2.24, 2.45) is 5.92 Å². The summed E-state index contributed by atoms with van der Waals surface area (Å²) >= 11 is 0. The van der Waals surface area contributed by atoms with Gasteiger partial charge in [-0.1, -0.05) is 19.1 Å². The van der Waals surface area contributed by atoms with Gasteiger partial charge in [-0.3, -0.25) is 0 Å². The molecule has 0 aromatic carbocycles. The Labute approximate surface area is 87.4 Å². The second kappa shape index (κ2) is 5.52. The summed E-state index contributed by atoms with van der Waals surface area (Å²) in [5, 5.41) is 13.5. The van der Waals surface area contributed by atoms with E-state index in [0.717, 1.165) is 31.8 Å². The van der Waals surface area contributed by atoms with E-state index in [1.54, 1.807) is 0 Å². The highest BCUT2D eigenvalue weighted by Gasteiger charge is 2.30. The zero-order valence-corrected chi connectivity index (χ0v) is 9.42. The van der Waals surface area contributed by atoms with Crippen molar-refractivity contribution in [2.75, 3.05) is 13.1 Å². The molecule has 1 aliphatic carbocycles. The Kier molecular flexibility index (Phi) is 4.63. The van der Waals surface area contributed by atoms with E-state index in [2.05, 4.69) is 18.3 Å². The van der Waals surface area contributed by atoms with E-state index in [4.69, 9.17) is 0 Å². The minimum Gasteiger partial charge on any atom is -0.389 e. The number of rotatable bonds is 4. The van der Waals surface area contributed by atoms with E-state index in [9.17, 15) is 5.11 Å². The third kappa shape index (κ3) is 3.81. The molecule has 0 aromatic heterocycles. The van der Waals surface area contributed by atoms with Crippen LogP contribution in [0.3, 0.4) is 0 Å². The molecule has 14 heavy (non-hydrogen) atoms. The van der Waals surface area contributed by atoms with Crippen LogP contribution in [0.15, 0.2) is 12.2 Å². The molecular weight excluding hydrogens is 174 g/mol. The lowest BCUT2D eigenvalue weighted by Crippen LogP contribution is -2.43. The molecule has 0 bridgehead atoms. The standard InChI is InChI=1S/C12H23NO/c1-3-4-9-13-10-12(14)7-5-11(2)6-8-12/h3-4,11,13-14H,5-10H2,1-2H3/b4-3+. The molecule has 2 N–H and O–H groups in total. The molecule has 0 amide bonds. The van der Waals surface area contributed by atoms with E-state index >= 15 is 0 Å². The summed E-state index contributed by atoms with van der Waals surface area (Å²) in [4.78, 5) is 0. The summed E-state index contributed by atoms with van der Waals surface area (Å²) in [5.41, 5.74) is -0.436. The molecule has 1 rings (SSSR count). The van der Waals surface area contributed by atoms with Crippen LogP contribution in [0, 0.1) is 5.92 Å². The summed E-state index contributed by atoms with van der Waals surface area (Å²) < 4.78 is 0. The fourth-order valence-corrected chi connectivity index (χ4v) is 1.98. The number of allylic oxidation sites excluding steroid dienone is 1. The SMILES string of the molecule is C/C=C/CNCC1(O)CCC(C)CC1. The van der Waals surface area contributed by atoms with Crippen LogP contribution in [0.1, 0.15) is 39.5 Å². The van der Waals surface area contributed by atoms with Gasteiger partial charge in [-0.25, -0.2) is 0 Å². The molecule has 0 radical (unpaired) electrons. The molecule has 0 unspecified atom stereocenters. The van der Waals surface area contributed by atoms with Crippen LogP contribution in [-0.2, 0) is 0 Å². The first-order valence-corrected chi connectivity index (χ1v) is 5.70. The van der Waals surface area contributed by atoms with Crippen molar-refractivity contribution in [2.45, 2.75) is 45.1 Å². The van der Waals surface area contributed by atoms with Crippen molar-refractivity contribution in [1.29, 1.82) is 0 Å². The number of nitrogens with one attached hydrogen (secondary N) is 1. The van der Waals surface area contributed by atoms with Crippen molar-refractivity contribution in [3.05, 3.63) is 12.2 Å². The van der Waals surface area contributed by atoms with E-state index in [0.29, 0.717) is 0 Å². The largest absolute Gasteiger partial charge is 0.389 e. The van der Waals surface area contributed by atoms with Crippen molar-refractivity contribution in [3.63, 3.8) is 0 Å². The monoisotopic (exact) mass is 197 g/mol. The molecule has 1 aliphatic rings. The van der Waals surface area contributed by atoms with Crippen molar-refractivity contribution < 1.29 is 5.11 Å². The molecule has 2 heteroatoms. The molecule has 0 atom stereocenters. The third-order valence-electron chi connectivity index (χ3n) is 3.16. The maximum atomic E-state index is 10.2. The Bertz CT molecular complexity index is 181. The third-order valence-corrected chi connectivity index (χ3v) is 3.16. The second-order valence-corrected chi connectivity index (χ2v) is 4.61. The first-order valence-electron chi connectivity index (χ1n) is 5.70. The van der Waals surface area contributed by atoms with Crippen molar-refractivity contribution >= 4 is 0 Å². The molecule has 0 aromatic rings. The molecule has 1 saturated carbocycles. The first kappa shape index (κ1) is 11.7. The fraction of sp³-hybridized carbons (Fsp3) is 0.833. The van der Waals surface area contributed by atoms with Gasteiger partial charge in [0.05, 0.1) is 5.60 Å². The molecule has 2 nitrogen and oxygen atoms in total. The smallest absolute Gasteiger partial charge is 0.0771 e. The van der Waals surface area contributed by atoms with Gasteiger partial charge in [0.1, 0.15) is 0 Å². The predicted octanol–water partition coefficient (Wildman–Crippen LogP) is 2.09. The number of aliphatic hydroxyl groups is 1. The van der Waals surface area contributed by atoms with Crippen LogP contribution < -0.4 is 5.32 Å². The maximum absolute atomic E-state index is 10.2. The van der Waals surface area contributed by atoms with Crippen LogP contribution in [-0.4, -0.2) is 23.8 Å². The maximum Gasteiger partial charge on any atom is 0.0771 e. The number of hydrogen-bond acceptors (Lipinski definition) is 2. The van der Waals surface area contributed by atoms with Crippen LogP contribution in [0.2, 0.25) is 0 Å². The van der Waals surface area contributed by atoms with Crippen LogP contribution in [0.4, 0.5) is 0 Å². The molecule has 0 heterocycles. The van der Waals surface area contributed by atoms with E-state index in [1.807, 2.05) is 13.0 Å². The lowest BCUT2D eigenvalue weighted by atomic mass is 9.79. The van der Waals surface area contributed by atoms with Crippen LogP contribution in [0.5, 0.6) is 0 Å². The zero-order chi connectivity index (χ0) is 10.4. The zero-order valence-electron chi connectivity index (χ0n) is 9.42. The highest BCUT2D eigenvalue weighted by atomic mass is 16.3. The summed E-state index contributed by atoms with van der Waals surface area (Å²) in [7, 11) is 0. The van der Waals surface area contributed by atoms with E-state index in [1.165, 1.54) is 12.8 Å². The topological polar surface area (TPSA) is 32.3 Å². The Morgan fingerprint density at radius 1 is 1.43 bits per heavy atom. The lowest BCUT2D eigenvalue weighted by Gasteiger charge is -2.35. The molecule has 0 spiro atoms. The molecule has 0 aliphatic heterocycles. The highest BCUT2D eigenvalue weighted by Crippen LogP contribution is 2.31. The van der Waals surface area contributed by atoms with Crippen molar-refractivity contribution in [3.8, 4) is 0 Å². The fourth-order valence-electron chi connectivity index (χ4n) is 1.98. The van der Waals surface area contributed by atoms with Gasteiger partial charge in [-0.15, -0.1) is 0 Å². The summed E-state index contributed by atoms with van der Waals surface area (Å²) in [6, 6.07) is 0. The van der Waals surface area contributed by atoms with Gasteiger partial charge in [-0.2, -0.15) is 0 Å². The highest BCUT2D eigenvalue weighted by molar-refractivity contribution is 4.88. The minimum atomic E-state index is -0.436. The normalized spacial score (nSPS) is 33.8. The van der Waals surface area contributed by atoms with Gasteiger partial charge in [0.25, 0.3) is 0 Å².